The van der Waals surface area contributed by atoms with E-state index in [0.29, 0.717) is 11.8 Å². The van der Waals surface area contributed by atoms with Gasteiger partial charge in [0.15, 0.2) is 0 Å². The van der Waals surface area contributed by atoms with Crippen LogP contribution in [-0.4, -0.2) is 45.5 Å². The molecular weight excluding hydrogens is 214 g/mol. The molecule has 0 aliphatic carbocycles. The topological polar surface area (TPSA) is 57.6 Å². The lowest BCUT2D eigenvalue weighted by atomic mass is 10.1. The van der Waals surface area contributed by atoms with Crippen molar-refractivity contribution >= 4 is 23.6 Å². The van der Waals surface area contributed by atoms with Gasteiger partial charge in [0, 0.05) is 24.3 Å². The molecule has 1 amide bonds. The first-order valence-corrected chi connectivity index (χ1v) is 6.28. The molecular formula is C10H15NO3S. The average molecular weight is 229 g/mol. The Morgan fingerprint density at radius 2 is 2.33 bits per heavy atom. The largest absolute Gasteiger partial charge is 0.481 e. The van der Waals surface area contributed by atoms with Gasteiger partial charge < -0.3 is 10.0 Å². The molecule has 4 nitrogen and oxygen atoms in total. The smallest absolute Gasteiger partial charge is 0.308 e. The summed E-state index contributed by atoms with van der Waals surface area (Å²) in [6.07, 6.45) is 1.19. The fourth-order valence-electron chi connectivity index (χ4n) is 2.35. The molecule has 1 N–H and O–H groups in total. The molecule has 15 heavy (non-hydrogen) atoms. The quantitative estimate of drug-likeness (QED) is 0.761. The normalized spacial score (nSPS) is 36.2. The maximum absolute atomic E-state index is 11.7. The van der Waals surface area contributed by atoms with E-state index in [1.165, 1.54) is 0 Å². The Bertz CT molecular complexity index is 294. The molecule has 0 radical (unpaired) electrons. The second-order valence-electron chi connectivity index (χ2n) is 4.22. The molecule has 0 aromatic rings. The summed E-state index contributed by atoms with van der Waals surface area (Å²) in [5.41, 5.74) is 0. The third-order valence-electron chi connectivity index (χ3n) is 3.24. The molecule has 0 aromatic carbocycles. The maximum atomic E-state index is 11.7. The van der Waals surface area contributed by atoms with Crippen LogP contribution < -0.4 is 0 Å². The molecule has 3 atom stereocenters. The molecule has 2 fully saturated rings. The van der Waals surface area contributed by atoms with Crippen molar-refractivity contribution < 1.29 is 14.7 Å². The van der Waals surface area contributed by atoms with E-state index in [1.807, 2.05) is 11.8 Å². The highest BCUT2D eigenvalue weighted by molar-refractivity contribution is 8.00. The molecule has 5 heteroatoms. The van der Waals surface area contributed by atoms with Crippen molar-refractivity contribution in [3.05, 3.63) is 0 Å². The molecule has 0 spiro atoms. The molecule has 0 bridgehead atoms. The zero-order valence-electron chi connectivity index (χ0n) is 8.68. The zero-order chi connectivity index (χ0) is 11.0. The van der Waals surface area contributed by atoms with Gasteiger partial charge in [0.25, 0.3) is 0 Å². The molecule has 2 aliphatic rings. The van der Waals surface area contributed by atoms with E-state index in [0.717, 1.165) is 12.2 Å². The minimum absolute atomic E-state index is 0.0155. The number of carbonyl (C=O) groups excluding carboxylic acids is 1. The summed E-state index contributed by atoms with van der Waals surface area (Å²) in [6, 6.07) is 0.256. The van der Waals surface area contributed by atoms with E-state index in [9.17, 15) is 9.59 Å². The van der Waals surface area contributed by atoms with Gasteiger partial charge in [-0.15, -0.1) is 0 Å². The van der Waals surface area contributed by atoms with Gasteiger partial charge >= 0.3 is 5.97 Å². The summed E-state index contributed by atoms with van der Waals surface area (Å²) in [7, 11) is 0. The summed E-state index contributed by atoms with van der Waals surface area (Å²) in [4.78, 5) is 24.3. The van der Waals surface area contributed by atoms with Gasteiger partial charge in [0.1, 0.15) is 0 Å². The summed E-state index contributed by atoms with van der Waals surface area (Å²) in [5, 5.41) is 9.32. The predicted molar refractivity (Wildman–Crippen MR) is 57.8 cm³/mol. The Labute approximate surface area is 93.0 Å². The van der Waals surface area contributed by atoms with Crippen molar-refractivity contribution in [2.75, 3.05) is 12.3 Å². The van der Waals surface area contributed by atoms with Crippen molar-refractivity contribution in [2.45, 2.75) is 31.1 Å². The minimum Gasteiger partial charge on any atom is -0.481 e. The fraction of sp³-hybridized carbons (Fsp3) is 0.800. The van der Waals surface area contributed by atoms with Gasteiger partial charge in [-0.05, 0) is 12.2 Å². The van der Waals surface area contributed by atoms with Gasteiger partial charge in [0.05, 0.1) is 5.92 Å². The number of aliphatic carboxylic acids is 1. The van der Waals surface area contributed by atoms with Crippen molar-refractivity contribution in [1.82, 2.24) is 4.90 Å². The van der Waals surface area contributed by atoms with Crippen molar-refractivity contribution in [1.29, 1.82) is 0 Å². The molecule has 0 saturated carbocycles. The van der Waals surface area contributed by atoms with Crippen LogP contribution in [0.2, 0.25) is 0 Å². The number of carboxylic acids is 1. The van der Waals surface area contributed by atoms with Crippen molar-refractivity contribution in [3.8, 4) is 0 Å². The number of rotatable bonds is 2. The van der Waals surface area contributed by atoms with Crippen LogP contribution in [0.1, 0.15) is 19.8 Å². The first-order chi connectivity index (χ1) is 7.09. The third-order valence-corrected chi connectivity index (χ3v) is 4.56. The van der Waals surface area contributed by atoms with Crippen LogP contribution >= 0.6 is 11.8 Å². The number of carboxylic acid groups (broad SMARTS) is 1. The van der Waals surface area contributed by atoms with Crippen LogP contribution in [0.5, 0.6) is 0 Å². The summed E-state index contributed by atoms with van der Waals surface area (Å²) >= 11 is 1.86. The first-order valence-electron chi connectivity index (χ1n) is 5.23. The van der Waals surface area contributed by atoms with E-state index in [4.69, 9.17) is 5.11 Å². The highest BCUT2D eigenvalue weighted by atomic mass is 32.2. The lowest BCUT2D eigenvalue weighted by Gasteiger charge is -2.26. The van der Waals surface area contributed by atoms with E-state index in [2.05, 4.69) is 6.92 Å². The summed E-state index contributed by atoms with van der Waals surface area (Å²) in [6.45, 7) is 2.52. The van der Waals surface area contributed by atoms with Crippen LogP contribution in [0.3, 0.4) is 0 Å². The number of carbonyl (C=O) groups is 2. The van der Waals surface area contributed by atoms with E-state index in [1.54, 1.807) is 4.90 Å². The maximum Gasteiger partial charge on any atom is 0.308 e. The molecule has 2 rings (SSSR count). The van der Waals surface area contributed by atoms with Crippen molar-refractivity contribution in [2.24, 2.45) is 5.92 Å². The Balaban J connectivity index is 2.04. The summed E-state index contributed by atoms with van der Waals surface area (Å²) < 4.78 is 0. The van der Waals surface area contributed by atoms with E-state index < -0.39 is 11.9 Å². The van der Waals surface area contributed by atoms with Crippen molar-refractivity contribution in [3.63, 3.8) is 0 Å². The van der Waals surface area contributed by atoms with E-state index >= 15 is 0 Å². The summed E-state index contributed by atoms with van der Waals surface area (Å²) in [5.74, 6) is -0.242. The van der Waals surface area contributed by atoms with Gasteiger partial charge in [-0.3, -0.25) is 9.59 Å². The molecule has 2 saturated heterocycles. The standard InChI is InChI=1S/C10H15NO3S/c1-6-8(2-3-15-6)11-5-7(10(13)14)4-9(11)12/h6-8H,2-5H2,1H3,(H,13,14). The molecule has 3 unspecified atom stereocenters. The van der Waals surface area contributed by atoms with Crippen LogP contribution in [-0.2, 0) is 9.59 Å². The highest BCUT2D eigenvalue weighted by Gasteiger charge is 2.41. The van der Waals surface area contributed by atoms with Gasteiger partial charge in [-0.2, -0.15) is 11.8 Å². The fourth-order valence-corrected chi connectivity index (χ4v) is 3.60. The zero-order valence-corrected chi connectivity index (χ0v) is 9.50. The first kappa shape index (κ1) is 10.8. The van der Waals surface area contributed by atoms with Crippen LogP contribution in [0.4, 0.5) is 0 Å². The second-order valence-corrected chi connectivity index (χ2v) is 5.70. The minimum atomic E-state index is -0.843. The van der Waals surface area contributed by atoms with Crippen LogP contribution in [0, 0.1) is 5.92 Å². The Morgan fingerprint density at radius 1 is 1.60 bits per heavy atom. The van der Waals surface area contributed by atoms with Crippen LogP contribution in [0.25, 0.3) is 0 Å². The molecule has 84 valence electrons. The van der Waals surface area contributed by atoms with E-state index in [-0.39, 0.29) is 18.4 Å². The monoisotopic (exact) mass is 229 g/mol. The van der Waals surface area contributed by atoms with Gasteiger partial charge in [-0.25, -0.2) is 0 Å². The van der Waals surface area contributed by atoms with Crippen LogP contribution in [0.15, 0.2) is 0 Å². The SMILES string of the molecule is CC1SCCC1N1CC(C(=O)O)CC1=O. The van der Waals surface area contributed by atoms with Gasteiger partial charge in [-0.1, -0.05) is 6.92 Å². The number of likely N-dealkylation sites (tertiary alicyclic amines) is 1. The molecule has 0 aromatic heterocycles. The lowest BCUT2D eigenvalue weighted by Crippen LogP contribution is -2.40. The number of thioether (sulfide) groups is 1. The number of hydrogen-bond donors (Lipinski definition) is 1. The Morgan fingerprint density at radius 3 is 2.80 bits per heavy atom. The number of hydrogen-bond acceptors (Lipinski definition) is 3. The lowest BCUT2D eigenvalue weighted by molar-refractivity contribution is -0.141. The second kappa shape index (κ2) is 4.04. The highest BCUT2D eigenvalue weighted by Crippen LogP contribution is 2.33. The molecule has 2 heterocycles. The number of amides is 1. The average Bonchev–Trinajstić information content (AvgIpc) is 2.71. The predicted octanol–water partition coefficient (Wildman–Crippen LogP) is 0.813. The van der Waals surface area contributed by atoms with Gasteiger partial charge in [0.2, 0.25) is 5.91 Å². The number of nitrogens with zero attached hydrogens (tertiary/aromatic N) is 1. The third kappa shape index (κ3) is 1.97. The molecule has 2 aliphatic heterocycles. The Hall–Kier alpha value is -0.710. The Kier molecular flexibility index (Phi) is 2.91.